The lowest BCUT2D eigenvalue weighted by atomic mass is 10.1. The number of hydrogen-bond acceptors (Lipinski definition) is 5. The fourth-order valence-electron chi connectivity index (χ4n) is 2.76. The van der Waals surface area contributed by atoms with E-state index >= 15 is 0 Å². The lowest BCUT2D eigenvalue weighted by Gasteiger charge is -2.31. The average molecular weight is 382 g/mol. The predicted molar refractivity (Wildman–Crippen MR) is 92.1 cm³/mol. The van der Waals surface area contributed by atoms with Crippen LogP contribution in [-0.4, -0.2) is 62.1 Å². The fourth-order valence-corrected chi connectivity index (χ4v) is 4.06. The van der Waals surface area contributed by atoms with Gasteiger partial charge in [-0.1, -0.05) is 12.1 Å². The number of benzene rings is 1. The Morgan fingerprint density at radius 2 is 1.92 bits per heavy atom. The third-order valence-corrected chi connectivity index (χ3v) is 5.99. The molecule has 0 aromatic heterocycles. The summed E-state index contributed by atoms with van der Waals surface area (Å²) in [7, 11) is -3.47. The van der Waals surface area contributed by atoms with Crippen molar-refractivity contribution in [3.05, 3.63) is 29.8 Å². The van der Waals surface area contributed by atoms with Crippen molar-refractivity contribution in [3.8, 4) is 0 Å². The molecule has 1 unspecified atom stereocenters. The summed E-state index contributed by atoms with van der Waals surface area (Å²) in [6, 6.07) is 6.54. The van der Waals surface area contributed by atoms with Gasteiger partial charge in [-0.2, -0.15) is 0 Å². The van der Waals surface area contributed by atoms with Gasteiger partial charge in [-0.05, 0) is 37.0 Å². The van der Waals surface area contributed by atoms with E-state index in [1.165, 1.54) is 4.90 Å². The number of sulfonamides is 1. The number of hydrogen-bond donors (Lipinski definition) is 2. The van der Waals surface area contributed by atoms with E-state index < -0.39 is 22.1 Å². The zero-order chi connectivity index (χ0) is 18.7. The molecule has 0 spiro atoms. The highest BCUT2D eigenvalue weighted by atomic mass is 32.2. The summed E-state index contributed by atoms with van der Waals surface area (Å²) < 4.78 is 32.0. The van der Waals surface area contributed by atoms with Gasteiger partial charge >= 0.3 is 5.97 Å². The highest BCUT2D eigenvalue weighted by Gasteiger charge is 2.29. The summed E-state index contributed by atoms with van der Waals surface area (Å²) in [6.45, 7) is 0.647. The van der Waals surface area contributed by atoms with Crippen LogP contribution in [0.3, 0.4) is 0 Å². The van der Waals surface area contributed by atoms with Gasteiger partial charge in [-0.15, -0.1) is 0 Å². The number of rotatable bonds is 7. The molecule has 2 fully saturated rings. The molecule has 1 aromatic carbocycles. The van der Waals surface area contributed by atoms with Crippen LogP contribution < -0.4 is 4.72 Å². The molecule has 26 heavy (non-hydrogen) atoms. The minimum absolute atomic E-state index is 0.0538. The Morgan fingerprint density at radius 1 is 1.23 bits per heavy atom. The Morgan fingerprint density at radius 3 is 2.54 bits per heavy atom. The molecule has 1 amide bonds. The minimum Gasteiger partial charge on any atom is -0.479 e. The standard InChI is InChI=1S/C17H22N2O6S/c20-16(19-9-10-25-15(11-19)17(21)22)8-3-12-1-6-14(7-2-12)26(23,24)18-13-4-5-13/h1-2,6-7,13,15,18H,3-5,8-11H2,(H,21,22). The number of nitrogens with one attached hydrogen (secondary N) is 1. The third-order valence-electron chi connectivity index (χ3n) is 4.45. The Hall–Kier alpha value is -1.97. The first-order chi connectivity index (χ1) is 12.3. The van der Waals surface area contributed by atoms with Crippen LogP contribution in [0.25, 0.3) is 0 Å². The molecular formula is C17H22N2O6S. The molecule has 1 aromatic rings. The summed E-state index contributed by atoms with van der Waals surface area (Å²) >= 11 is 0. The van der Waals surface area contributed by atoms with Crippen LogP contribution in [-0.2, 0) is 30.8 Å². The van der Waals surface area contributed by atoms with Crippen LogP contribution in [0.5, 0.6) is 0 Å². The summed E-state index contributed by atoms with van der Waals surface area (Å²) in [5.41, 5.74) is 0.853. The molecule has 142 valence electrons. The number of morpholine rings is 1. The first-order valence-corrected chi connectivity index (χ1v) is 10.1. The molecule has 1 heterocycles. The van der Waals surface area contributed by atoms with Crippen molar-refractivity contribution in [2.24, 2.45) is 0 Å². The van der Waals surface area contributed by atoms with Crippen molar-refractivity contribution in [2.75, 3.05) is 19.7 Å². The molecule has 1 atom stereocenters. The van der Waals surface area contributed by atoms with Crippen LogP contribution >= 0.6 is 0 Å². The third kappa shape index (κ3) is 4.80. The van der Waals surface area contributed by atoms with Crippen LogP contribution in [0.2, 0.25) is 0 Å². The summed E-state index contributed by atoms with van der Waals surface area (Å²) in [6.07, 6.45) is 1.48. The second-order valence-corrected chi connectivity index (χ2v) is 8.29. The van der Waals surface area contributed by atoms with E-state index in [1.807, 2.05) is 0 Å². The molecule has 0 radical (unpaired) electrons. The Labute approximate surface area is 152 Å². The fraction of sp³-hybridized carbons (Fsp3) is 0.529. The highest BCUT2D eigenvalue weighted by molar-refractivity contribution is 7.89. The maximum atomic E-state index is 12.3. The molecule has 1 aliphatic carbocycles. The van der Waals surface area contributed by atoms with E-state index in [0.717, 1.165) is 18.4 Å². The first-order valence-electron chi connectivity index (χ1n) is 8.58. The molecule has 1 saturated heterocycles. The van der Waals surface area contributed by atoms with E-state index in [2.05, 4.69) is 4.72 Å². The van der Waals surface area contributed by atoms with Crippen LogP contribution in [0.4, 0.5) is 0 Å². The summed E-state index contributed by atoms with van der Waals surface area (Å²) in [5.74, 6) is -1.20. The lowest BCUT2D eigenvalue weighted by Crippen LogP contribution is -2.48. The van der Waals surface area contributed by atoms with E-state index in [0.29, 0.717) is 13.0 Å². The van der Waals surface area contributed by atoms with Gasteiger partial charge in [0.15, 0.2) is 6.10 Å². The van der Waals surface area contributed by atoms with Gasteiger partial charge < -0.3 is 14.7 Å². The van der Waals surface area contributed by atoms with Gasteiger partial charge in [0.25, 0.3) is 0 Å². The quantitative estimate of drug-likeness (QED) is 0.705. The molecule has 8 nitrogen and oxygen atoms in total. The van der Waals surface area contributed by atoms with Crippen molar-refractivity contribution in [2.45, 2.75) is 42.7 Å². The molecule has 1 saturated carbocycles. The van der Waals surface area contributed by atoms with Crippen LogP contribution in [0, 0.1) is 0 Å². The maximum Gasteiger partial charge on any atom is 0.334 e. The number of carboxylic acids is 1. The van der Waals surface area contributed by atoms with Gasteiger partial charge in [0.1, 0.15) is 0 Å². The lowest BCUT2D eigenvalue weighted by molar-refractivity contribution is -0.159. The van der Waals surface area contributed by atoms with Crippen LogP contribution in [0.1, 0.15) is 24.8 Å². The van der Waals surface area contributed by atoms with Crippen molar-refractivity contribution in [1.29, 1.82) is 0 Å². The van der Waals surface area contributed by atoms with E-state index in [-0.39, 0.29) is 36.4 Å². The number of carbonyl (C=O) groups excluding carboxylic acids is 1. The first kappa shape index (κ1) is 18.8. The Balaban J connectivity index is 1.53. The summed E-state index contributed by atoms with van der Waals surface area (Å²) in [5, 5.41) is 8.98. The number of carboxylic acid groups (broad SMARTS) is 1. The molecular weight excluding hydrogens is 360 g/mol. The largest absolute Gasteiger partial charge is 0.479 e. The van der Waals surface area contributed by atoms with Gasteiger partial charge in [0.2, 0.25) is 15.9 Å². The summed E-state index contributed by atoms with van der Waals surface area (Å²) in [4.78, 5) is 25.0. The maximum absolute atomic E-state index is 12.3. The number of ether oxygens (including phenoxy) is 1. The Kier molecular flexibility index (Phi) is 5.59. The van der Waals surface area contributed by atoms with Gasteiger partial charge in [0.05, 0.1) is 18.0 Å². The molecule has 3 rings (SSSR count). The Bertz CT molecular complexity index is 773. The molecule has 9 heteroatoms. The zero-order valence-electron chi connectivity index (χ0n) is 14.3. The van der Waals surface area contributed by atoms with Gasteiger partial charge in [-0.25, -0.2) is 17.9 Å². The number of nitrogens with zero attached hydrogens (tertiary/aromatic N) is 1. The second kappa shape index (κ2) is 7.73. The van der Waals surface area contributed by atoms with E-state index in [4.69, 9.17) is 9.84 Å². The van der Waals surface area contributed by atoms with Gasteiger partial charge in [0, 0.05) is 19.0 Å². The average Bonchev–Trinajstić information content (AvgIpc) is 3.43. The van der Waals surface area contributed by atoms with Crippen molar-refractivity contribution < 1.29 is 27.9 Å². The monoisotopic (exact) mass is 382 g/mol. The molecule has 2 aliphatic rings. The topological polar surface area (TPSA) is 113 Å². The molecule has 0 bridgehead atoms. The number of aliphatic carboxylic acids is 1. The highest BCUT2D eigenvalue weighted by Crippen LogP contribution is 2.22. The SMILES string of the molecule is O=C(O)C1CN(C(=O)CCc2ccc(S(=O)(=O)NC3CC3)cc2)CCO1. The van der Waals surface area contributed by atoms with E-state index in [1.54, 1.807) is 24.3 Å². The number of amides is 1. The zero-order valence-corrected chi connectivity index (χ0v) is 15.1. The molecule has 1 aliphatic heterocycles. The second-order valence-electron chi connectivity index (χ2n) is 6.58. The normalized spacial score (nSPS) is 20.8. The number of aryl methyl sites for hydroxylation is 1. The molecule has 2 N–H and O–H groups in total. The van der Waals surface area contributed by atoms with E-state index in [9.17, 15) is 18.0 Å². The minimum atomic E-state index is -3.47. The van der Waals surface area contributed by atoms with Crippen molar-refractivity contribution in [3.63, 3.8) is 0 Å². The van der Waals surface area contributed by atoms with Crippen LogP contribution in [0.15, 0.2) is 29.2 Å². The number of carbonyl (C=O) groups is 2. The van der Waals surface area contributed by atoms with Crippen molar-refractivity contribution >= 4 is 21.9 Å². The predicted octanol–water partition coefficient (Wildman–Crippen LogP) is 0.372. The smallest absolute Gasteiger partial charge is 0.334 e. The van der Waals surface area contributed by atoms with Gasteiger partial charge in [-0.3, -0.25) is 4.79 Å². The van der Waals surface area contributed by atoms with Crippen molar-refractivity contribution in [1.82, 2.24) is 9.62 Å².